The Labute approximate surface area is 97.6 Å². The van der Waals surface area contributed by atoms with Gasteiger partial charge in [0.1, 0.15) is 10.00 Å². The fraction of sp³-hybridized carbons (Fsp3) is 0.200. The van der Waals surface area contributed by atoms with Crippen molar-refractivity contribution in [3.63, 3.8) is 0 Å². The first-order valence-electron chi connectivity index (χ1n) is 4.53. The number of hydrogen-bond acceptors (Lipinski definition) is 3. The summed E-state index contributed by atoms with van der Waals surface area (Å²) in [7, 11) is 0. The number of thiocarbonyl (C=S) groups is 1. The Balaban J connectivity index is 2.24. The number of nitrogens with zero attached hydrogens (tertiary/aromatic N) is 2. The van der Waals surface area contributed by atoms with Crippen LogP contribution in [-0.2, 0) is 6.54 Å². The van der Waals surface area contributed by atoms with Gasteiger partial charge in [0.15, 0.2) is 0 Å². The molecule has 0 radical (unpaired) electrons. The monoisotopic (exact) mass is 237 g/mol. The molecular weight excluding hydrogens is 226 g/mol. The zero-order chi connectivity index (χ0) is 10.8. The van der Waals surface area contributed by atoms with Gasteiger partial charge < -0.3 is 10.3 Å². The lowest BCUT2D eigenvalue weighted by atomic mass is 10.4. The van der Waals surface area contributed by atoms with Crippen molar-refractivity contribution in [1.29, 1.82) is 0 Å². The molecule has 0 spiro atoms. The molecule has 0 saturated heterocycles. The minimum absolute atomic E-state index is 0.424. The minimum Gasteiger partial charge on any atom is -0.388 e. The van der Waals surface area contributed by atoms with Crippen LogP contribution in [0.5, 0.6) is 0 Å². The maximum atomic E-state index is 5.61. The van der Waals surface area contributed by atoms with Crippen molar-refractivity contribution in [2.24, 2.45) is 5.73 Å². The van der Waals surface area contributed by atoms with Gasteiger partial charge in [-0.3, -0.25) is 0 Å². The molecule has 3 nitrogen and oxygen atoms in total. The molecular formula is C10H11N3S2. The molecule has 0 unspecified atom stereocenters. The molecule has 0 atom stereocenters. The fourth-order valence-corrected chi connectivity index (χ4v) is 2.35. The Morgan fingerprint density at radius 2 is 2.47 bits per heavy atom. The third kappa shape index (κ3) is 2.24. The first-order valence-corrected chi connectivity index (χ1v) is 5.81. The average molecular weight is 237 g/mol. The van der Waals surface area contributed by atoms with E-state index in [1.807, 2.05) is 35.2 Å². The Morgan fingerprint density at radius 1 is 1.67 bits per heavy atom. The number of aromatic nitrogens is 2. The van der Waals surface area contributed by atoms with E-state index >= 15 is 0 Å². The normalized spacial score (nSPS) is 10.5. The molecule has 0 aliphatic rings. The molecule has 2 aromatic rings. The Morgan fingerprint density at radius 3 is 3.07 bits per heavy atom. The standard InChI is InChI=1S/C10H11N3S2/c1-7-6-15-9(12-7)5-13-4-2-3-8(13)10(11)14/h2-4,6H,5H2,1H3,(H2,11,14). The van der Waals surface area contributed by atoms with Crippen LogP contribution in [0.4, 0.5) is 0 Å². The van der Waals surface area contributed by atoms with E-state index in [9.17, 15) is 0 Å². The SMILES string of the molecule is Cc1csc(Cn2cccc2C(N)=S)n1. The Kier molecular flexibility index (Phi) is 2.83. The molecule has 2 heterocycles. The summed E-state index contributed by atoms with van der Waals surface area (Å²) in [5, 5.41) is 3.11. The first-order chi connectivity index (χ1) is 7.16. The van der Waals surface area contributed by atoms with E-state index in [2.05, 4.69) is 4.98 Å². The Bertz CT molecular complexity index is 484. The van der Waals surface area contributed by atoms with Gasteiger partial charge in [-0.1, -0.05) is 12.2 Å². The summed E-state index contributed by atoms with van der Waals surface area (Å²) < 4.78 is 2.01. The lowest BCUT2D eigenvalue weighted by molar-refractivity contribution is 0.789. The number of aryl methyl sites for hydroxylation is 1. The average Bonchev–Trinajstić information content (AvgIpc) is 2.75. The van der Waals surface area contributed by atoms with Crippen LogP contribution in [0.15, 0.2) is 23.7 Å². The summed E-state index contributed by atoms with van der Waals surface area (Å²) in [5.74, 6) is 0. The molecule has 2 aromatic heterocycles. The van der Waals surface area contributed by atoms with Gasteiger partial charge in [0.05, 0.1) is 12.2 Å². The molecule has 0 saturated carbocycles. The van der Waals surface area contributed by atoms with Crippen molar-refractivity contribution in [1.82, 2.24) is 9.55 Å². The van der Waals surface area contributed by atoms with Gasteiger partial charge in [-0.15, -0.1) is 11.3 Å². The zero-order valence-corrected chi connectivity index (χ0v) is 9.94. The summed E-state index contributed by atoms with van der Waals surface area (Å²) >= 11 is 6.62. The van der Waals surface area contributed by atoms with Gasteiger partial charge in [-0.2, -0.15) is 0 Å². The van der Waals surface area contributed by atoms with Crippen molar-refractivity contribution >= 4 is 28.5 Å². The van der Waals surface area contributed by atoms with Crippen molar-refractivity contribution in [2.75, 3.05) is 0 Å². The van der Waals surface area contributed by atoms with Crippen molar-refractivity contribution in [3.8, 4) is 0 Å². The fourth-order valence-electron chi connectivity index (χ4n) is 1.40. The maximum Gasteiger partial charge on any atom is 0.120 e. The molecule has 78 valence electrons. The molecule has 2 rings (SSSR count). The van der Waals surface area contributed by atoms with Gasteiger partial charge in [0, 0.05) is 17.3 Å². The molecule has 0 aromatic carbocycles. The topological polar surface area (TPSA) is 43.8 Å². The number of thiazole rings is 1. The van der Waals surface area contributed by atoms with E-state index in [0.717, 1.165) is 22.9 Å². The zero-order valence-electron chi connectivity index (χ0n) is 8.30. The number of hydrogen-bond donors (Lipinski definition) is 1. The predicted molar refractivity (Wildman–Crippen MR) is 66.3 cm³/mol. The highest BCUT2D eigenvalue weighted by Gasteiger charge is 2.05. The van der Waals surface area contributed by atoms with E-state index in [4.69, 9.17) is 18.0 Å². The van der Waals surface area contributed by atoms with Crippen LogP contribution in [-0.4, -0.2) is 14.5 Å². The molecule has 0 bridgehead atoms. The maximum absolute atomic E-state index is 5.61. The lowest BCUT2D eigenvalue weighted by Gasteiger charge is -2.05. The van der Waals surface area contributed by atoms with Gasteiger partial charge in [0.25, 0.3) is 0 Å². The molecule has 2 N–H and O–H groups in total. The molecule has 0 fully saturated rings. The lowest BCUT2D eigenvalue weighted by Crippen LogP contribution is -2.15. The van der Waals surface area contributed by atoms with Crippen LogP contribution in [0.3, 0.4) is 0 Å². The summed E-state index contributed by atoms with van der Waals surface area (Å²) in [5.41, 5.74) is 7.55. The first kappa shape index (κ1) is 10.3. The van der Waals surface area contributed by atoms with E-state index in [0.29, 0.717) is 4.99 Å². The highest BCUT2D eigenvalue weighted by molar-refractivity contribution is 7.80. The number of rotatable bonds is 3. The van der Waals surface area contributed by atoms with Gasteiger partial charge in [-0.25, -0.2) is 4.98 Å². The second-order valence-electron chi connectivity index (χ2n) is 3.27. The van der Waals surface area contributed by atoms with Crippen molar-refractivity contribution in [2.45, 2.75) is 13.5 Å². The van der Waals surface area contributed by atoms with Crippen LogP contribution in [0, 0.1) is 6.92 Å². The molecule has 0 aliphatic heterocycles. The molecule has 5 heteroatoms. The predicted octanol–water partition coefficient (Wildman–Crippen LogP) is 1.94. The largest absolute Gasteiger partial charge is 0.388 e. The van der Waals surface area contributed by atoms with Crippen LogP contribution < -0.4 is 5.73 Å². The van der Waals surface area contributed by atoms with Crippen LogP contribution in [0.2, 0.25) is 0 Å². The van der Waals surface area contributed by atoms with E-state index < -0.39 is 0 Å². The van der Waals surface area contributed by atoms with E-state index in [1.54, 1.807) is 11.3 Å². The van der Waals surface area contributed by atoms with Crippen molar-refractivity contribution in [3.05, 3.63) is 40.1 Å². The minimum atomic E-state index is 0.424. The Hall–Kier alpha value is -1.20. The van der Waals surface area contributed by atoms with Gasteiger partial charge in [0.2, 0.25) is 0 Å². The third-order valence-corrected chi connectivity index (χ3v) is 3.21. The number of nitrogens with two attached hydrogens (primary N) is 1. The highest BCUT2D eigenvalue weighted by atomic mass is 32.1. The van der Waals surface area contributed by atoms with Crippen molar-refractivity contribution < 1.29 is 0 Å². The van der Waals surface area contributed by atoms with Crippen LogP contribution in [0.25, 0.3) is 0 Å². The summed E-state index contributed by atoms with van der Waals surface area (Å²) in [6.45, 7) is 2.72. The molecule has 0 amide bonds. The second-order valence-corrected chi connectivity index (χ2v) is 4.65. The van der Waals surface area contributed by atoms with Gasteiger partial charge >= 0.3 is 0 Å². The third-order valence-electron chi connectivity index (χ3n) is 2.05. The quantitative estimate of drug-likeness (QED) is 0.830. The highest BCUT2D eigenvalue weighted by Crippen LogP contribution is 2.12. The summed E-state index contributed by atoms with van der Waals surface area (Å²) in [6.07, 6.45) is 1.96. The van der Waals surface area contributed by atoms with E-state index in [-0.39, 0.29) is 0 Å². The smallest absolute Gasteiger partial charge is 0.120 e. The van der Waals surface area contributed by atoms with E-state index in [1.165, 1.54) is 0 Å². The molecule has 15 heavy (non-hydrogen) atoms. The summed E-state index contributed by atoms with van der Waals surface area (Å²) in [4.78, 5) is 4.82. The van der Waals surface area contributed by atoms with Crippen LogP contribution >= 0.6 is 23.6 Å². The molecule has 0 aliphatic carbocycles. The summed E-state index contributed by atoms with van der Waals surface area (Å²) in [6, 6.07) is 3.86. The van der Waals surface area contributed by atoms with Crippen LogP contribution in [0.1, 0.15) is 16.4 Å². The van der Waals surface area contributed by atoms with Gasteiger partial charge in [-0.05, 0) is 19.1 Å². The second kappa shape index (κ2) is 4.12.